The minimum absolute atomic E-state index is 0.121. The number of Topliss-reactive ketones (excluding diaryl/α,β-unsaturated/α-hetero) is 2. The van der Waals surface area contributed by atoms with E-state index in [0.29, 0.717) is 0 Å². The Bertz CT molecular complexity index is 302. The largest absolute Gasteiger partial charge is 0.300 e. The predicted octanol–water partition coefficient (Wildman–Crippen LogP) is 3.26. The molecule has 82 valence electrons. The summed E-state index contributed by atoms with van der Waals surface area (Å²) in [5.74, 6) is 0.410. The topological polar surface area (TPSA) is 34.1 Å². The highest BCUT2D eigenvalue weighted by Crippen LogP contribution is 1.97. The molecule has 0 bridgehead atoms. The maximum absolute atomic E-state index is 10.6. The highest BCUT2D eigenvalue weighted by atomic mass is 16.1. The van der Waals surface area contributed by atoms with Crippen LogP contribution in [0, 0.1) is 0 Å². The van der Waals surface area contributed by atoms with Crippen molar-refractivity contribution in [2.24, 2.45) is 0 Å². The minimum Gasteiger partial charge on any atom is -0.300 e. The molecule has 0 aliphatic rings. The van der Waals surface area contributed by atoms with Gasteiger partial charge in [0.25, 0.3) is 0 Å². The first-order valence-corrected chi connectivity index (χ1v) is 5.13. The highest BCUT2D eigenvalue weighted by Gasteiger charge is 1.92. The molecule has 0 amide bonds. The Morgan fingerprint density at radius 1 is 1.07 bits per heavy atom. The second kappa shape index (κ2) is 7.92. The molecule has 0 radical (unpaired) electrons. The summed E-state index contributed by atoms with van der Waals surface area (Å²) in [5.41, 5.74) is 0.775. The second-order valence-corrected chi connectivity index (χ2v) is 3.37. The Hall–Kier alpha value is -1.44. The van der Waals surface area contributed by atoms with Crippen molar-refractivity contribution in [2.75, 3.05) is 0 Å². The van der Waals surface area contributed by atoms with E-state index in [-0.39, 0.29) is 11.6 Å². The predicted molar refractivity (Wildman–Crippen MR) is 62.0 cm³/mol. The fourth-order valence-electron chi connectivity index (χ4n) is 1.02. The van der Waals surface area contributed by atoms with Gasteiger partial charge in [-0.3, -0.25) is 4.79 Å². The Labute approximate surface area is 91.3 Å². The first-order valence-electron chi connectivity index (χ1n) is 5.13. The SMILES string of the molecule is CC(=O)c1ccccc1.CCCC(C)=O. The van der Waals surface area contributed by atoms with Crippen LogP contribution in [0.4, 0.5) is 0 Å². The van der Waals surface area contributed by atoms with Crippen molar-refractivity contribution in [3.05, 3.63) is 35.9 Å². The van der Waals surface area contributed by atoms with Gasteiger partial charge in [0, 0.05) is 12.0 Å². The molecule has 0 spiro atoms. The van der Waals surface area contributed by atoms with Crippen LogP contribution in [0.15, 0.2) is 30.3 Å². The number of ketones is 2. The molecule has 2 heteroatoms. The van der Waals surface area contributed by atoms with Gasteiger partial charge in [0.1, 0.15) is 5.78 Å². The first kappa shape index (κ1) is 13.6. The lowest BCUT2D eigenvalue weighted by atomic mass is 10.2. The van der Waals surface area contributed by atoms with Gasteiger partial charge in [0.2, 0.25) is 0 Å². The molecular weight excluding hydrogens is 188 g/mol. The second-order valence-electron chi connectivity index (χ2n) is 3.37. The van der Waals surface area contributed by atoms with Crippen LogP contribution in [0.3, 0.4) is 0 Å². The molecule has 0 heterocycles. The van der Waals surface area contributed by atoms with Gasteiger partial charge in [-0.05, 0) is 20.3 Å². The van der Waals surface area contributed by atoms with E-state index >= 15 is 0 Å². The van der Waals surface area contributed by atoms with Crippen LogP contribution in [0.25, 0.3) is 0 Å². The van der Waals surface area contributed by atoms with Crippen molar-refractivity contribution in [3.8, 4) is 0 Å². The van der Waals surface area contributed by atoms with Crippen molar-refractivity contribution in [2.45, 2.75) is 33.6 Å². The van der Waals surface area contributed by atoms with Crippen molar-refractivity contribution < 1.29 is 9.59 Å². The maximum Gasteiger partial charge on any atom is 0.159 e. The summed E-state index contributed by atoms with van der Waals surface area (Å²) in [5, 5.41) is 0. The first-order chi connectivity index (χ1) is 7.07. The zero-order chi connectivity index (χ0) is 11.7. The standard InChI is InChI=1S/C8H8O.C5H10O/c1-7(9)8-5-3-2-4-6-8;1-3-4-5(2)6/h2-6H,1H3;3-4H2,1-2H3. The van der Waals surface area contributed by atoms with Crippen molar-refractivity contribution in [1.29, 1.82) is 0 Å². The number of hydrogen-bond acceptors (Lipinski definition) is 2. The Kier molecular flexibility index (Phi) is 7.16. The van der Waals surface area contributed by atoms with E-state index in [1.165, 1.54) is 0 Å². The van der Waals surface area contributed by atoms with Gasteiger partial charge in [-0.1, -0.05) is 37.3 Å². The van der Waals surface area contributed by atoms with Crippen molar-refractivity contribution in [3.63, 3.8) is 0 Å². The van der Waals surface area contributed by atoms with E-state index in [2.05, 4.69) is 0 Å². The van der Waals surface area contributed by atoms with Crippen molar-refractivity contribution in [1.82, 2.24) is 0 Å². The zero-order valence-electron chi connectivity index (χ0n) is 9.62. The summed E-state index contributed by atoms with van der Waals surface area (Å²) < 4.78 is 0. The molecular formula is C13H18O2. The number of rotatable bonds is 3. The van der Waals surface area contributed by atoms with Crippen molar-refractivity contribution >= 4 is 11.6 Å². The number of benzene rings is 1. The van der Waals surface area contributed by atoms with Gasteiger partial charge in [-0.15, -0.1) is 0 Å². The fourth-order valence-corrected chi connectivity index (χ4v) is 1.02. The average Bonchev–Trinajstić information content (AvgIpc) is 2.20. The van der Waals surface area contributed by atoms with Gasteiger partial charge in [0.05, 0.1) is 0 Å². The molecule has 1 rings (SSSR count). The molecule has 0 unspecified atom stereocenters. The third kappa shape index (κ3) is 7.62. The summed E-state index contributed by atoms with van der Waals surface area (Å²) in [6.45, 7) is 5.18. The normalized spacial score (nSPS) is 8.73. The van der Waals surface area contributed by atoms with Gasteiger partial charge < -0.3 is 4.79 Å². The molecule has 1 aromatic rings. The molecule has 15 heavy (non-hydrogen) atoms. The van der Waals surface area contributed by atoms with E-state index < -0.39 is 0 Å². The summed E-state index contributed by atoms with van der Waals surface area (Å²) in [6, 6.07) is 9.23. The van der Waals surface area contributed by atoms with Crippen LogP contribution in [0.5, 0.6) is 0 Å². The minimum atomic E-state index is 0.121. The zero-order valence-corrected chi connectivity index (χ0v) is 9.62. The molecule has 0 fully saturated rings. The number of carbonyl (C=O) groups excluding carboxylic acids is 2. The van der Waals surface area contributed by atoms with E-state index in [0.717, 1.165) is 18.4 Å². The van der Waals surface area contributed by atoms with E-state index in [1.54, 1.807) is 13.8 Å². The fraction of sp³-hybridized carbons (Fsp3) is 0.385. The smallest absolute Gasteiger partial charge is 0.159 e. The molecule has 1 aromatic carbocycles. The van der Waals surface area contributed by atoms with E-state index in [4.69, 9.17) is 0 Å². The van der Waals surface area contributed by atoms with Crippen LogP contribution < -0.4 is 0 Å². The van der Waals surface area contributed by atoms with Gasteiger partial charge >= 0.3 is 0 Å². The molecule has 2 nitrogen and oxygen atoms in total. The summed E-state index contributed by atoms with van der Waals surface area (Å²) >= 11 is 0. The lowest BCUT2D eigenvalue weighted by Gasteiger charge is -1.89. The molecule has 0 N–H and O–H groups in total. The summed E-state index contributed by atoms with van der Waals surface area (Å²) in [7, 11) is 0. The summed E-state index contributed by atoms with van der Waals surface area (Å²) in [6.07, 6.45) is 1.72. The lowest BCUT2D eigenvalue weighted by molar-refractivity contribution is -0.117. The monoisotopic (exact) mass is 206 g/mol. The molecule has 0 atom stereocenters. The molecule has 0 aromatic heterocycles. The third-order valence-electron chi connectivity index (χ3n) is 1.78. The van der Waals surface area contributed by atoms with Gasteiger partial charge in [-0.25, -0.2) is 0 Å². The maximum atomic E-state index is 10.6. The van der Waals surface area contributed by atoms with Crippen LogP contribution in [0.2, 0.25) is 0 Å². The molecule has 0 saturated heterocycles. The van der Waals surface area contributed by atoms with Crippen LogP contribution in [-0.4, -0.2) is 11.6 Å². The Morgan fingerprint density at radius 3 is 1.80 bits per heavy atom. The Balaban J connectivity index is 0.000000288. The molecule has 0 aliphatic heterocycles. The van der Waals surface area contributed by atoms with Gasteiger partial charge in [-0.2, -0.15) is 0 Å². The van der Waals surface area contributed by atoms with E-state index in [1.807, 2.05) is 37.3 Å². The quantitative estimate of drug-likeness (QED) is 0.711. The van der Waals surface area contributed by atoms with Crippen LogP contribution in [0.1, 0.15) is 44.0 Å². The van der Waals surface area contributed by atoms with Crippen LogP contribution >= 0.6 is 0 Å². The number of carbonyl (C=O) groups is 2. The lowest BCUT2D eigenvalue weighted by Crippen LogP contribution is -1.88. The van der Waals surface area contributed by atoms with Gasteiger partial charge in [0.15, 0.2) is 5.78 Å². The number of hydrogen-bond donors (Lipinski definition) is 0. The summed E-state index contributed by atoms with van der Waals surface area (Å²) in [4.78, 5) is 20.7. The molecule has 0 saturated carbocycles. The Morgan fingerprint density at radius 2 is 1.60 bits per heavy atom. The third-order valence-corrected chi connectivity index (χ3v) is 1.78. The average molecular weight is 206 g/mol. The highest BCUT2D eigenvalue weighted by molar-refractivity contribution is 5.93. The molecule has 0 aliphatic carbocycles. The van der Waals surface area contributed by atoms with E-state index in [9.17, 15) is 9.59 Å². The van der Waals surface area contributed by atoms with Crippen LogP contribution in [-0.2, 0) is 4.79 Å².